The highest BCUT2D eigenvalue weighted by Crippen LogP contribution is 2.11. The average molecular weight is 237 g/mol. The lowest BCUT2D eigenvalue weighted by molar-refractivity contribution is 0.0969. The quantitative estimate of drug-likeness (QED) is 0.657. The molecule has 0 aliphatic rings. The number of carbonyl (C=O) groups is 1. The Morgan fingerprint density at radius 3 is 2.78 bits per heavy atom. The van der Waals surface area contributed by atoms with Gasteiger partial charge in [-0.15, -0.1) is 0 Å². The van der Waals surface area contributed by atoms with E-state index < -0.39 is 0 Å². The van der Waals surface area contributed by atoms with Gasteiger partial charge in [0, 0.05) is 11.8 Å². The molecule has 2 aromatic heterocycles. The fourth-order valence-corrected chi connectivity index (χ4v) is 1.89. The molecule has 0 fully saturated rings. The molecule has 4 nitrogen and oxygen atoms in total. The highest BCUT2D eigenvalue weighted by molar-refractivity contribution is 5.96. The van der Waals surface area contributed by atoms with Crippen molar-refractivity contribution in [1.82, 2.24) is 14.8 Å². The molecular formula is C14H11N3O. The number of Topliss-reactive ketones (excluding diaryl/α,β-unsaturated/α-hetero) is 1. The van der Waals surface area contributed by atoms with Gasteiger partial charge >= 0.3 is 0 Å². The number of pyridine rings is 1. The SMILES string of the molecule is O=C(Cn1ncc2ncccc21)c1ccccc1. The Bertz CT molecular complexity index is 688. The summed E-state index contributed by atoms with van der Waals surface area (Å²) in [5, 5.41) is 4.19. The molecule has 3 aromatic rings. The number of ketones is 1. The van der Waals surface area contributed by atoms with Crippen LogP contribution in [0, 0.1) is 0 Å². The van der Waals surface area contributed by atoms with E-state index in [1.54, 1.807) is 17.1 Å². The molecule has 4 heteroatoms. The van der Waals surface area contributed by atoms with Gasteiger partial charge in [0.2, 0.25) is 0 Å². The minimum absolute atomic E-state index is 0.0458. The van der Waals surface area contributed by atoms with Crippen LogP contribution < -0.4 is 0 Å². The number of aromatic nitrogens is 3. The summed E-state index contributed by atoms with van der Waals surface area (Å²) in [6.07, 6.45) is 3.39. The van der Waals surface area contributed by atoms with E-state index in [0.717, 1.165) is 11.0 Å². The Hall–Kier alpha value is -2.49. The Balaban J connectivity index is 1.91. The Morgan fingerprint density at radius 1 is 1.11 bits per heavy atom. The zero-order valence-corrected chi connectivity index (χ0v) is 9.65. The summed E-state index contributed by atoms with van der Waals surface area (Å²) < 4.78 is 1.68. The number of carbonyl (C=O) groups excluding carboxylic acids is 1. The molecule has 0 aliphatic carbocycles. The standard InChI is InChI=1S/C14H11N3O/c18-14(11-5-2-1-3-6-11)10-17-13-7-4-8-15-12(13)9-16-17/h1-9H,10H2. The van der Waals surface area contributed by atoms with E-state index in [9.17, 15) is 4.79 Å². The van der Waals surface area contributed by atoms with Gasteiger partial charge in [-0.1, -0.05) is 30.3 Å². The van der Waals surface area contributed by atoms with Crippen LogP contribution in [0.1, 0.15) is 10.4 Å². The summed E-state index contributed by atoms with van der Waals surface area (Å²) in [6, 6.07) is 13.0. The van der Waals surface area contributed by atoms with Crippen LogP contribution in [0.2, 0.25) is 0 Å². The van der Waals surface area contributed by atoms with Gasteiger partial charge in [-0.25, -0.2) is 0 Å². The second-order valence-electron chi connectivity index (χ2n) is 4.00. The number of benzene rings is 1. The average Bonchev–Trinajstić information content (AvgIpc) is 2.83. The first-order valence-electron chi connectivity index (χ1n) is 5.69. The first-order valence-corrected chi connectivity index (χ1v) is 5.69. The predicted molar refractivity (Wildman–Crippen MR) is 68.3 cm³/mol. The lowest BCUT2D eigenvalue weighted by Gasteiger charge is -2.02. The van der Waals surface area contributed by atoms with Crippen molar-refractivity contribution in [3.63, 3.8) is 0 Å². The molecular weight excluding hydrogens is 226 g/mol. The third-order valence-corrected chi connectivity index (χ3v) is 2.80. The summed E-state index contributed by atoms with van der Waals surface area (Å²) in [7, 11) is 0. The fourth-order valence-electron chi connectivity index (χ4n) is 1.89. The van der Waals surface area contributed by atoms with Crippen molar-refractivity contribution in [2.45, 2.75) is 6.54 Å². The molecule has 0 bridgehead atoms. The highest BCUT2D eigenvalue weighted by Gasteiger charge is 2.09. The molecule has 0 saturated carbocycles. The molecule has 1 aromatic carbocycles. The number of hydrogen-bond donors (Lipinski definition) is 0. The number of nitrogens with zero attached hydrogens (tertiary/aromatic N) is 3. The van der Waals surface area contributed by atoms with Crippen LogP contribution in [0.4, 0.5) is 0 Å². The topological polar surface area (TPSA) is 47.8 Å². The van der Waals surface area contributed by atoms with Crippen molar-refractivity contribution in [3.05, 3.63) is 60.4 Å². The van der Waals surface area contributed by atoms with Crippen LogP contribution in [0.15, 0.2) is 54.9 Å². The largest absolute Gasteiger partial charge is 0.292 e. The summed E-state index contributed by atoms with van der Waals surface area (Å²) in [5.74, 6) is 0.0458. The van der Waals surface area contributed by atoms with Crippen LogP contribution in [0.25, 0.3) is 11.0 Å². The maximum Gasteiger partial charge on any atom is 0.184 e. The molecule has 88 valence electrons. The Kier molecular flexibility index (Phi) is 2.61. The van der Waals surface area contributed by atoms with E-state index in [1.807, 2.05) is 42.5 Å². The minimum Gasteiger partial charge on any atom is -0.292 e. The fraction of sp³-hybridized carbons (Fsp3) is 0.0714. The first-order chi connectivity index (χ1) is 8.84. The molecule has 0 unspecified atom stereocenters. The van der Waals surface area contributed by atoms with Crippen LogP contribution in [0.3, 0.4) is 0 Å². The minimum atomic E-state index is 0.0458. The van der Waals surface area contributed by atoms with Gasteiger partial charge in [-0.3, -0.25) is 14.5 Å². The molecule has 2 heterocycles. The molecule has 18 heavy (non-hydrogen) atoms. The Labute approximate surface area is 104 Å². The number of rotatable bonds is 3. The molecule has 3 rings (SSSR count). The number of fused-ring (bicyclic) bond motifs is 1. The molecule has 0 amide bonds. The van der Waals surface area contributed by atoms with Crippen molar-refractivity contribution in [2.24, 2.45) is 0 Å². The second-order valence-corrected chi connectivity index (χ2v) is 4.00. The first kappa shape index (κ1) is 10.7. The monoisotopic (exact) mass is 237 g/mol. The van der Waals surface area contributed by atoms with E-state index in [4.69, 9.17) is 0 Å². The van der Waals surface area contributed by atoms with Crippen molar-refractivity contribution in [3.8, 4) is 0 Å². The van der Waals surface area contributed by atoms with Gasteiger partial charge in [0.1, 0.15) is 12.1 Å². The lowest BCUT2D eigenvalue weighted by atomic mass is 10.1. The Morgan fingerprint density at radius 2 is 1.94 bits per heavy atom. The van der Waals surface area contributed by atoms with Gasteiger partial charge in [0.25, 0.3) is 0 Å². The molecule has 0 aliphatic heterocycles. The molecule has 0 saturated heterocycles. The van der Waals surface area contributed by atoms with Gasteiger partial charge in [-0.2, -0.15) is 5.10 Å². The predicted octanol–water partition coefficient (Wildman–Crippen LogP) is 2.31. The zero-order valence-electron chi connectivity index (χ0n) is 9.65. The maximum absolute atomic E-state index is 12.1. The van der Waals surface area contributed by atoms with Crippen molar-refractivity contribution >= 4 is 16.8 Å². The zero-order chi connectivity index (χ0) is 12.4. The lowest BCUT2D eigenvalue weighted by Crippen LogP contribution is -2.11. The van der Waals surface area contributed by atoms with Crippen LogP contribution in [-0.4, -0.2) is 20.5 Å². The summed E-state index contributed by atoms with van der Waals surface area (Å²) in [6.45, 7) is 0.235. The van der Waals surface area contributed by atoms with E-state index in [2.05, 4.69) is 10.1 Å². The van der Waals surface area contributed by atoms with E-state index in [0.29, 0.717) is 5.56 Å². The smallest absolute Gasteiger partial charge is 0.184 e. The third kappa shape index (κ3) is 1.88. The van der Waals surface area contributed by atoms with E-state index in [-0.39, 0.29) is 12.3 Å². The third-order valence-electron chi connectivity index (χ3n) is 2.80. The van der Waals surface area contributed by atoms with E-state index >= 15 is 0 Å². The molecule has 0 spiro atoms. The maximum atomic E-state index is 12.1. The van der Waals surface area contributed by atoms with Gasteiger partial charge in [0.05, 0.1) is 11.7 Å². The van der Waals surface area contributed by atoms with Gasteiger partial charge in [0.15, 0.2) is 5.78 Å². The van der Waals surface area contributed by atoms with Crippen LogP contribution in [0.5, 0.6) is 0 Å². The molecule has 0 N–H and O–H groups in total. The summed E-state index contributed by atoms with van der Waals surface area (Å²) >= 11 is 0. The molecule has 0 radical (unpaired) electrons. The van der Waals surface area contributed by atoms with Crippen molar-refractivity contribution in [1.29, 1.82) is 0 Å². The van der Waals surface area contributed by atoms with Gasteiger partial charge < -0.3 is 0 Å². The van der Waals surface area contributed by atoms with Crippen LogP contribution >= 0.6 is 0 Å². The van der Waals surface area contributed by atoms with Crippen molar-refractivity contribution < 1.29 is 4.79 Å². The molecule has 0 atom stereocenters. The summed E-state index contributed by atoms with van der Waals surface area (Å²) in [5.41, 5.74) is 2.38. The highest BCUT2D eigenvalue weighted by atomic mass is 16.1. The number of hydrogen-bond acceptors (Lipinski definition) is 3. The summed E-state index contributed by atoms with van der Waals surface area (Å²) in [4.78, 5) is 16.3. The van der Waals surface area contributed by atoms with Crippen molar-refractivity contribution in [2.75, 3.05) is 0 Å². The normalized spacial score (nSPS) is 10.7. The van der Waals surface area contributed by atoms with Crippen LogP contribution in [-0.2, 0) is 6.54 Å². The second kappa shape index (κ2) is 4.41. The van der Waals surface area contributed by atoms with Gasteiger partial charge in [-0.05, 0) is 12.1 Å². The van der Waals surface area contributed by atoms with E-state index in [1.165, 1.54) is 0 Å².